The van der Waals surface area contributed by atoms with Crippen LogP contribution in [0.5, 0.6) is 11.5 Å². The number of carbonyl (C=O) groups is 2. The number of hydrogen-bond acceptors (Lipinski definition) is 5. The highest BCUT2D eigenvalue weighted by molar-refractivity contribution is 5.94. The Hall–Kier alpha value is -3.02. The van der Waals surface area contributed by atoms with E-state index >= 15 is 0 Å². The zero-order valence-electron chi connectivity index (χ0n) is 15.6. The van der Waals surface area contributed by atoms with Crippen LogP contribution in [0.15, 0.2) is 48.5 Å². The molecule has 0 bridgehead atoms. The predicted octanol–water partition coefficient (Wildman–Crippen LogP) is 2.49. The topological polar surface area (TPSA) is 87.7 Å². The summed E-state index contributed by atoms with van der Waals surface area (Å²) in [6.45, 7) is 5.04. The zero-order chi connectivity index (χ0) is 19.6. The van der Waals surface area contributed by atoms with Gasteiger partial charge < -0.3 is 24.7 Å². The van der Waals surface area contributed by atoms with Gasteiger partial charge in [0.1, 0.15) is 11.5 Å². The van der Waals surface area contributed by atoms with E-state index in [1.165, 1.54) is 0 Å². The maximum absolute atomic E-state index is 12.5. The van der Waals surface area contributed by atoms with Gasteiger partial charge in [-0.1, -0.05) is 19.1 Å². The normalized spacial score (nSPS) is 11.5. The van der Waals surface area contributed by atoms with Crippen molar-refractivity contribution >= 4 is 11.9 Å². The molecule has 0 saturated heterocycles. The Bertz CT molecular complexity index is 740. The van der Waals surface area contributed by atoms with Crippen molar-refractivity contribution < 1.29 is 24.2 Å². The Morgan fingerprint density at radius 2 is 1.56 bits per heavy atom. The van der Waals surface area contributed by atoms with Crippen molar-refractivity contribution in [2.24, 2.45) is 0 Å². The maximum atomic E-state index is 12.5. The van der Waals surface area contributed by atoms with Crippen LogP contribution in [0.3, 0.4) is 0 Å². The average molecular weight is 370 g/mol. The zero-order valence-corrected chi connectivity index (χ0v) is 15.6. The van der Waals surface area contributed by atoms with Gasteiger partial charge >= 0.3 is 0 Å². The van der Waals surface area contributed by atoms with Crippen LogP contribution in [0.1, 0.15) is 48.7 Å². The highest BCUT2D eigenvalue weighted by atomic mass is 16.5. The summed E-state index contributed by atoms with van der Waals surface area (Å²) >= 11 is 0. The number of rotatable bonds is 10. The molecule has 0 unspecified atom stereocenters. The lowest BCUT2D eigenvalue weighted by molar-refractivity contribution is -0.306. The summed E-state index contributed by atoms with van der Waals surface area (Å²) in [6.07, 6.45) is 0.575. The summed E-state index contributed by atoms with van der Waals surface area (Å²) in [5.41, 5.74) is 1.09. The first-order valence-electron chi connectivity index (χ1n) is 8.99. The van der Waals surface area contributed by atoms with Crippen molar-refractivity contribution in [1.82, 2.24) is 5.32 Å². The minimum absolute atomic E-state index is 0.321. The van der Waals surface area contributed by atoms with Crippen molar-refractivity contribution in [3.05, 3.63) is 59.7 Å². The lowest BCUT2D eigenvalue weighted by atomic mass is 10.0. The van der Waals surface area contributed by atoms with Crippen LogP contribution < -0.4 is 19.9 Å². The summed E-state index contributed by atoms with van der Waals surface area (Å²) in [4.78, 5) is 23.6. The summed E-state index contributed by atoms with van der Waals surface area (Å²) in [6, 6.07) is 13.0. The Morgan fingerprint density at radius 3 is 2.11 bits per heavy atom. The molecule has 0 aliphatic heterocycles. The molecule has 6 heteroatoms. The molecule has 0 saturated carbocycles. The monoisotopic (exact) mass is 370 g/mol. The van der Waals surface area contributed by atoms with E-state index in [1.807, 2.05) is 13.8 Å². The first-order valence-corrected chi connectivity index (χ1v) is 8.99. The molecule has 1 atom stereocenters. The first-order chi connectivity index (χ1) is 13.0. The third kappa shape index (κ3) is 6.33. The Morgan fingerprint density at radius 1 is 0.963 bits per heavy atom. The van der Waals surface area contributed by atoms with Crippen LogP contribution in [0.4, 0.5) is 0 Å². The number of benzene rings is 2. The molecule has 0 heterocycles. The largest absolute Gasteiger partial charge is 0.550 e. The summed E-state index contributed by atoms with van der Waals surface area (Å²) in [7, 11) is 0. The van der Waals surface area contributed by atoms with E-state index in [2.05, 4.69) is 5.32 Å². The lowest BCUT2D eigenvalue weighted by Crippen LogP contribution is -2.34. The molecule has 27 heavy (non-hydrogen) atoms. The fraction of sp³-hybridized carbons (Fsp3) is 0.333. The van der Waals surface area contributed by atoms with Crippen LogP contribution >= 0.6 is 0 Å². The SMILES string of the molecule is CCCOc1ccc([C@@H](CC(=O)[O-])NC(=O)c2ccc(OCC)cc2)cc1. The third-order valence-electron chi connectivity index (χ3n) is 3.86. The number of aliphatic carboxylic acids is 1. The molecule has 144 valence electrons. The molecule has 1 N–H and O–H groups in total. The van der Waals surface area contributed by atoms with Gasteiger partial charge in [-0.3, -0.25) is 4.79 Å². The fourth-order valence-electron chi connectivity index (χ4n) is 2.55. The van der Waals surface area contributed by atoms with Crippen molar-refractivity contribution in [2.75, 3.05) is 13.2 Å². The molecular formula is C21H24NO5-. The lowest BCUT2D eigenvalue weighted by Gasteiger charge is -2.20. The molecule has 0 aliphatic rings. The van der Waals surface area contributed by atoms with Gasteiger partial charge in [-0.2, -0.15) is 0 Å². The van der Waals surface area contributed by atoms with E-state index in [-0.39, 0.29) is 12.3 Å². The molecule has 2 rings (SSSR count). The molecule has 1 amide bonds. The first kappa shape index (κ1) is 20.3. The minimum atomic E-state index is -1.24. The van der Waals surface area contributed by atoms with Crippen molar-refractivity contribution in [2.45, 2.75) is 32.7 Å². The Kier molecular flexibility index (Phi) is 7.67. The van der Waals surface area contributed by atoms with Crippen LogP contribution in [0.25, 0.3) is 0 Å². The quantitative estimate of drug-likeness (QED) is 0.694. The molecule has 2 aromatic carbocycles. The van der Waals surface area contributed by atoms with Crippen LogP contribution in [-0.2, 0) is 4.79 Å². The second-order valence-corrected chi connectivity index (χ2v) is 5.98. The van der Waals surface area contributed by atoms with Gasteiger partial charge in [-0.15, -0.1) is 0 Å². The van der Waals surface area contributed by atoms with Gasteiger partial charge in [0.2, 0.25) is 0 Å². The molecule has 0 radical (unpaired) electrons. The van der Waals surface area contributed by atoms with E-state index in [4.69, 9.17) is 9.47 Å². The van der Waals surface area contributed by atoms with Gasteiger partial charge in [0.05, 0.1) is 19.3 Å². The predicted molar refractivity (Wildman–Crippen MR) is 99.7 cm³/mol. The number of carbonyl (C=O) groups excluding carboxylic acids is 2. The van der Waals surface area contributed by atoms with Gasteiger partial charge in [0.25, 0.3) is 5.91 Å². The number of hydrogen-bond donors (Lipinski definition) is 1. The summed E-state index contributed by atoms with van der Waals surface area (Å²) < 4.78 is 10.9. The molecule has 0 aliphatic carbocycles. The summed E-state index contributed by atoms with van der Waals surface area (Å²) in [5, 5.41) is 13.9. The van der Waals surface area contributed by atoms with E-state index in [0.29, 0.717) is 35.8 Å². The van der Waals surface area contributed by atoms with Crippen molar-refractivity contribution in [3.63, 3.8) is 0 Å². The second-order valence-electron chi connectivity index (χ2n) is 5.98. The van der Waals surface area contributed by atoms with Gasteiger partial charge in [0.15, 0.2) is 0 Å². The minimum Gasteiger partial charge on any atom is -0.550 e. The number of carboxylic acids is 1. The molecule has 0 spiro atoms. The Balaban J connectivity index is 2.11. The van der Waals surface area contributed by atoms with Gasteiger partial charge in [-0.25, -0.2) is 0 Å². The second kappa shape index (κ2) is 10.2. The molecule has 0 aromatic heterocycles. The van der Waals surface area contributed by atoms with Crippen LogP contribution in [0.2, 0.25) is 0 Å². The summed E-state index contributed by atoms with van der Waals surface area (Å²) in [5.74, 6) is -0.234. The van der Waals surface area contributed by atoms with E-state index < -0.39 is 12.0 Å². The van der Waals surface area contributed by atoms with Crippen molar-refractivity contribution in [3.8, 4) is 11.5 Å². The third-order valence-corrected chi connectivity index (χ3v) is 3.86. The number of nitrogens with one attached hydrogen (secondary N) is 1. The smallest absolute Gasteiger partial charge is 0.251 e. The standard InChI is InChI=1S/C21H25NO5/c1-3-13-27-18-9-5-15(6-10-18)19(14-20(23)24)22-21(25)16-7-11-17(12-8-16)26-4-2/h5-12,19H,3-4,13-14H2,1-2H3,(H,22,25)(H,23,24)/p-1/t19-/m1/s1. The molecule has 0 fully saturated rings. The molecule has 6 nitrogen and oxygen atoms in total. The maximum Gasteiger partial charge on any atom is 0.251 e. The number of amides is 1. The van der Waals surface area contributed by atoms with Crippen molar-refractivity contribution in [1.29, 1.82) is 0 Å². The van der Waals surface area contributed by atoms with Gasteiger partial charge in [0, 0.05) is 18.0 Å². The van der Waals surface area contributed by atoms with Crippen LogP contribution in [0, 0.1) is 0 Å². The van der Waals surface area contributed by atoms with E-state index in [1.54, 1.807) is 48.5 Å². The van der Waals surface area contributed by atoms with Crippen LogP contribution in [-0.4, -0.2) is 25.1 Å². The van der Waals surface area contributed by atoms with E-state index in [9.17, 15) is 14.7 Å². The Labute approximate surface area is 159 Å². The average Bonchev–Trinajstić information content (AvgIpc) is 2.66. The number of ether oxygens (including phenoxy) is 2. The molecule has 2 aromatic rings. The van der Waals surface area contributed by atoms with E-state index in [0.717, 1.165) is 6.42 Å². The van der Waals surface area contributed by atoms with Gasteiger partial charge in [-0.05, 0) is 55.3 Å². The highest BCUT2D eigenvalue weighted by Gasteiger charge is 2.16. The highest BCUT2D eigenvalue weighted by Crippen LogP contribution is 2.21. The number of carboxylic acid groups (broad SMARTS) is 1. The molecular weight excluding hydrogens is 346 g/mol. The fourth-order valence-corrected chi connectivity index (χ4v) is 2.55.